The summed E-state index contributed by atoms with van der Waals surface area (Å²) in [6.07, 6.45) is 0.591. The van der Waals surface area contributed by atoms with Gasteiger partial charge in [-0.1, -0.05) is 6.07 Å². The van der Waals surface area contributed by atoms with Crippen LogP contribution in [0.3, 0.4) is 0 Å². The zero-order chi connectivity index (χ0) is 15.8. The minimum Gasteiger partial charge on any atom is -0.369 e. The number of hydrogen-bond acceptors (Lipinski definition) is 2. The van der Waals surface area contributed by atoms with E-state index in [2.05, 4.69) is 25.7 Å². The van der Waals surface area contributed by atoms with Crippen LogP contribution in [0.4, 0.5) is 8.78 Å². The van der Waals surface area contributed by atoms with Crippen LogP contribution in [0, 0.1) is 17.6 Å². The van der Waals surface area contributed by atoms with Crippen molar-refractivity contribution in [3.05, 3.63) is 35.4 Å². The van der Waals surface area contributed by atoms with E-state index in [9.17, 15) is 13.6 Å². The predicted molar refractivity (Wildman–Crippen MR) is 77.7 cm³/mol. The minimum absolute atomic E-state index is 0.0721. The first-order chi connectivity index (χ1) is 9.70. The first kappa shape index (κ1) is 15.9. The summed E-state index contributed by atoms with van der Waals surface area (Å²) in [6.45, 7) is 7.52. The number of hydrogen-bond donors (Lipinski definition) is 1. The molecule has 2 rings (SSSR count). The van der Waals surface area contributed by atoms with Crippen molar-refractivity contribution in [2.45, 2.75) is 38.6 Å². The zero-order valence-electron chi connectivity index (χ0n) is 12.7. The number of nitrogens with zero attached hydrogens (tertiary/aromatic N) is 1. The number of amides is 1. The summed E-state index contributed by atoms with van der Waals surface area (Å²) in [4.78, 5) is 13.9. The number of likely N-dealkylation sites (tertiary alicyclic amines) is 1. The third kappa shape index (κ3) is 3.40. The molecule has 0 aromatic heterocycles. The molecule has 1 aromatic carbocycles. The van der Waals surface area contributed by atoms with Gasteiger partial charge in [0.1, 0.15) is 11.6 Å². The maximum absolute atomic E-state index is 14.1. The molecule has 1 saturated heterocycles. The summed E-state index contributed by atoms with van der Waals surface area (Å²) < 4.78 is 27.2. The average molecular weight is 296 g/mol. The second-order valence-corrected chi connectivity index (χ2v) is 6.69. The second kappa shape index (κ2) is 5.72. The van der Waals surface area contributed by atoms with Crippen LogP contribution in [-0.4, -0.2) is 29.4 Å². The van der Waals surface area contributed by atoms with Crippen LogP contribution in [0.2, 0.25) is 0 Å². The van der Waals surface area contributed by atoms with Gasteiger partial charge >= 0.3 is 0 Å². The predicted octanol–water partition coefficient (Wildman–Crippen LogP) is 2.65. The van der Waals surface area contributed by atoms with Crippen LogP contribution < -0.4 is 5.73 Å². The maximum Gasteiger partial charge on any atom is 0.221 e. The molecule has 5 heteroatoms. The lowest BCUT2D eigenvalue weighted by Gasteiger charge is -2.44. The Balaban J connectivity index is 2.36. The summed E-state index contributed by atoms with van der Waals surface area (Å²) in [5.41, 5.74) is 5.77. The number of nitrogens with two attached hydrogens (primary N) is 1. The highest BCUT2D eigenvalue weighted by Gasteiger charge is 2.38. The van der Waals surface area contributed by atoms with Gasteiger partial charge in [0.25, 0.3) is 0 Å². The molecule has 0 aliphatic carbocycles. The molecule has 0 saturated carbocycles. The molecule has 1 fully saturated rings. The van der Waals surface area contributed by atoms with Gasteiger partial charge in [-0.25, -0.2) is 8.78 Å². The van der Waals surface area contributed by atoms with Crippen molar-refractivity contribution < 1.29 is 13.6 Å². The zero-order valence-corrected chi connectivity index (χ0v) is 12.7. The van der Waals surface area contributed by atoms with Crippen LogP contribution in [0.5, 0.6) is 0 Å². The van der Waals surface area contributed by atoms with Crippen molar-refractivity contribution in [1.29, 1.82) is 0 Å². The third-order valence-electron chi connectivity index (χ3n) is 4.29. The molecular formula is C16H22F2N2O. The van der Waals surface area contributed by atoms with E-state index in [4.69, 9.17) is 5.73 Å². The van der Waals surface area contributed by atoms with Crippen molar-refractivity contribution in [3.63, 3.8) is 0 Å². The van der Waals surface area contributed by atoms with Gasteiger partial charge in [0, 0.05) is 30.0 Å². The smallest absolute Gasteiger partial charge is 0.221 e. The molecule has 1 aliphatic heterocycles. The van der Waals surface area contributed by atoms with Gasteiger partial charge in [-0.2, -0.15) is 0 Å². The van der Waals surface area contributed by atoms with E-state index >= 15 is 0 Å². The van der Waals surface area contributed by atoms with Gasteiger partial charge < -0.3 is 5.73 Å². The molecule has 1 aliphatic rings. The molecule has 1 aromatic rings. The Morgan fingerprint density at radius 3 is 2.52 bits per heavy atom. The molecule has 116 valence electrons. The standard InChI is InChI=1S/C16H22F2N2O/c1-16(2,3)20-7-6-12(15(19)21)13(9-20)11-5-4-10(17)8-14(11)18/h4-5,8,12-13H,6-7,9H2,1-3H3,(H2,19,21)/t12-,13+/m1/s1. The largest absolute Gasteiger partial charge is 0.369 e. The summed E-state index contributed by atoms with van der Waals surface area (Å²) in [7, 11) is 0. The lowest BCUT2D eigenvalue weighted by Crippen LogP contribution is -2.51. The maximum atomic E-state index is 14.1. The number of carbonyl (C=O) groups is 1. The fourth-order valence-electron chi connectivity index (χ4n) is 3.02. The van der Waals surface area contributed by atoms with E-state index < -0.39 is 23.5 Å². The van der Waals surface area contributed by atoms with Crippen molar-refractivity contribution in [2.75, 3.05) is 13.1 Å². The van der Waals surface area contributed by atoms with Crippen LogP contribution in [0.25, 0.3) is 0 Å². The Morgan fingerprint density at radius 2 is 2.00 bits per heavy atom. The Hall–Kier alpha value is -1.49. The van der Waals surface area contributed by atoms with Gasteiger partial charge in [0.2, 0.25) is 5.91 Å². The van der Waals surface area contributed by atoms with Crippen molar-refractivity contribution >= 4 is 5.91 Å². The van der Waals surface area contributed by atoms with E-state index in [0.717, 1.165) is 12.6 Å². The average Bonchev–Trinajstić information content (AvgIpc) is 2.37. The molecular weight excluding hydrogens is 274 g/mol. The Morgan fingerprint density at radius 1 is 1.33 bits per heavy atom. The van der Waals surface area contributed by atoms with Crippen molar-refractivity contribution in [3.8, 4) is 0 Å². The van der Waals surface area contributed by atoms with Gasteiger partial charge in [-0.15, -0.1) is 0 Å². The normalized spacial score (nSPS) is 24.0. The summed E-state index contributed by atoms with van der Waals surface area (Å²) in [5.74, 6) is -2.39. The van der Waals surface area contributed by atoms with Crippen molar-refractivity contribution in [2.24, 2.45) is 11.7 Å². The summed E-state index contributed by atoms with van der Waals surface area (Å²) in [6, 6.07) is 3.52. The SMILES string of the molecule is CC(C)(C)N1CC[C@@H](C(N)=O)[C@H](c2ccc(F)cc2F)C1. The van der Waals surface area contributed by atoms with E-state index in [1.807, 2.05) is 0 Å². The minimum atomic E-state index is -0.615. The first-order valence-corrected chi connectivity index (χ1v) is 7.19. The van der Waals surface area contributed by atoms with Crippen LogP contribution >= 0.6 is 0 Å². The molecule has 1 heterocycles. The Bertz CT molecular complexity index is 540. The number of benzene rings is 1. The monoisotopic (exact) mass is 296 g/mol. The van der Waals surface area contributed by atoms with Crippen LogP contribution in [0.15, 0.2) is 18.2 Å². The summed E-state index contributed by atoms with van der Waals surface area (Å²) in [5, 5.41) is 0. The van der Waals surface area contributed by atoms with Crippen LogP contribution in [0.1, 0.15) is 38.7 Å². The Kier molecular flexibility index (Phi) is 4.33. The number of piperidine rings is 1. The summed E-state index contributed by atoms with van der Waals surface area (Å²) >= 11 is 0. The lowest BCUT2D eigenvalue weighted by atomic mass is 9.78. The number of halogens is 2. The molecule has 0 unspecified atom stereocenters. The van der Waals surface area contributed by atoms with E-state index in [-0.39, 0.29) is 11.5 Å². The highest BCUT2D eigenvalue weighted by atomic mass is 19.1. The molecule has 3 nitrogen and oxygen atoms in total. The lowest BCUT2D eigenvalue weighted by molar-refractivity contribution is -0.124. The molecule has 21 heavy (non-hydrogen) atoms. The number of carbonyl (C=O) groups excluding carboxylic acids is 1. The van der Waals surface area contributed by atoms with Gasteiger partial charge in [-0.05, 0) is 45.4 Å². The molecule has 2 atom stereocenters. The number of primary amides is 1. The molecule has 1 amide bonds. The highest BCUT2D eigenvalue weighted by molar-refractivity contribution is 5.78. The van der Waals surface area contributed by atoms with Gasteiger partial charge in [-0.3, -0.25) is 9.69 Å². The van der Waals surface area contributed by atoms with E-state index in [1.54, 1.807) is 0 Å². The highest BCUT2D eigenvalue weighted by Crippen LogP contribution is 2.36. The quantitative estimate of drug-likeness (QED) is 0.912. The van der Waals surface area contributed by atoms with E-state index in [0.29, 0.717) is 18.5 Å². The van der Waals surface area contributed by atoms with Crippen LogP contribution in [-0.2, 0) is 4.79 Å². The third-order valence-corrected chi connectivity index (χ3v) is 4.29. The fourth-order valence-corrected chi connectivity index (χ4v) is 3.02. The molecule has 0 radical (unpaired) electrons. The van der Waals surface area contributed by atoms with Crippen molar-refractivity contribution in [1.82, 2.24) is 4.90 Å². The topological polar surface area (TPSA) is 46.3 Å². The van der Waals surface area contributed by atoms with Gasteiger partial charge in [0.05, 0.1) is 0 Å². The Labute approximate surface area is 124 Å². The molecule has 2 N–H and O–H groups in total. The van der Waals surface area contributed by atoms with Gasteiger partial charge in [0.15, 0.2) is 0 Å². The molecule has 0 bridgehead atoms. The first-order valence-electron chi connectivity index (χ1n) is 7.19. The number of rotatable bonds is 2. The molecule has 0 spiro atoms. The fraction of sp³-hybridized carbons (Fsp3) is 0.562. The van der Waals surface area contributed by atoms with E-state index in [1.165, 1.54) is 12.1 Å². The second-order valence-electron chi connectivity index (χ2n) is 6.69.